The van der Waals surface area contributed by atoms with E-state index in [1.165, 1.54) is 4.90 Å². The summed E-state index contributed by atoms with van der Waals surface area (Å²) in [5.41, 5.74) is 1.70. The maximum atomic E-state index is 12.5. The van der Waals surface area contributed by atoms with E-state index in [0.717, 1.165) is 41.4 Å². The minimum Gasteiger partial charge on any atom is -0.274 e. The number of aryl methyl sites for hydroxylation is 1. The highest BCUT2D eigenvalue weighted by Gasteiger charge is 2.48. The monoisotopic (exact) mass is 321 g/mol. The summed E-state index contributed by atoms with van der Waals surface area (Å²) in [7, 11) is 0. The van der Waals surface area contributed by atoms with E-state index in [9.17, 15) is 9.59 Å². The van der Waals surface area contributed by atoms with Crippen LogP contribution >= 0.6 is 15.9 Å². The zero-order chi connectivity index (χ0) is 13.6. The molecule has 1 aliphatic carbocycles. The predicted molar refractivity (Wildman–Crippen MR) is 76.8 cm³/mol. The number of carbonyl (C=O) groups is 2. The van der Waals surface area contributed by atoms with Gasteiger partial charge in [0, 0.05) is 4.47 Å². The van der Waals surface area contributed by atoms with Gasteiger partial charge in [-0.3, -0.25) is 9.59 Å². The number of hydrogen-bond acceptors (Lipinski definition) is 2. The van der Waals surface area contributed by atoms with Crippen molar-refractivity contribution in [2.45, 2.75) is 32.6 Å². The molecule has 1 aromatic rings. The van der Waals surface area contributed by atoms with Crippen molar-refractivity contribution >= 4 is 33.4 Å². The first-order valence-electron chi connectivity index (χ1n) is 6.73. The zero-order valence-electron chi connectivity index (χ0n) is 10.9. The fourth-order valence-electron chi connectivity index (χ4n) is 3.22. The lowest BCUT2D eigenvalue weighted by Gasteiger charge is -2.19. The maximum absolute atomic E-state index is 12.5. The summed E-state index contributed by atoms with van der Waals surface area (Å²) in [6, 6.07) is 5.72. The normalized spacial score (nSPS) is 26.7. The van der Waals surface area contributed by atoms with Crippen LogP contribution in [0.15, 0.2) is 22.7 Å². The first-order valence-corrected chi connectivity index (χ1v) is 7.53. The first kappa shape index (κ1) is 12.9. The SMILES string of the molecule is Cc1ccc(Br)cc1N1C(=O)[C@H]2CCCC[C@@H]2C1=O. The number of rotatable bonds is 1. The lowest BCUT2D eigenvalue weighted by molar-refractivity contribution is -0.122. The summed E-state index contributed by atoms with van der Waals surface area (Å²) in [6.45, 7) is 1.93. The summed E-state index contributed by atoms with van der Waals surface area (Å²) in [5.74, 6) is -0.175. The van der Waals surface area contributed by atoms with Gasteiger partial charge in [0.05, 0.1) is 17.5 Å². The molecule has 2 atom stereocenters. The Morgan fingerprint density at radius 1 is 1.11 bits per heavy atom. The van der Waals surface area contributed by atoms with Crippen LogP contribution in [0.1, 0.15) is 31.2 Å². The van der Waals surface area contributed by atoms with Gasteiger partial charge in [-0.15, -0.1) is 0 Å². The average molecular weight is 322 g/mol. The lowest BCUT2D eigenvalue weighted by Crippen LogP contribution is -2.31. The van der Waals surface area contributed by atoms with Gasteiger partial charge in [0.15, 0.2) is 0 Å². The van der Waals surface area contributed by atoms with E-state index in [4.69, 9.17) is 0 Å². The van der Waals surface area contributed by atoms with E-state index in [1.807, 2.05) is 25.1 Å². The van der Waals surface area contributed by atoms with Gasteiger partial charge in [-0.1, -0.05) is 34.8 Å². The van der Waals surface area contributed by atoms with Gasteiger partial charge in [-0.25, -0.2) is 4.90 Å². The molecule has 3 nitrogen and oxygen atoms in total. The van der Waals surface area contributed by atoms with Crippen molar-refractivity contribution in [1.82, 2.24) is 0 Å². The lowest BCUT2D eigenvalue weighted by atomic mass is 9.81. The van der Waals surface area contributed by atoms with E-state index in [-0.39, 0.29) is 23.7 Å². The molecule has 2 aliphatic rings. The second-order valence-corrected chi connectivity index (χ2v) is 6.36. The minimum absolute atomic E-state index is 0.00380. The van der Waals surface area contributed by atoms with Gasteiger partial charge in [0.1, 0.15) is 0 Å². The topological polar surface area (TPSA) is 37.4 Å². The quantitative estimate of drug-likeness (QED) is 0.743. The fourth-order valence-corrected chi connectivity index (χ4v) is 3.57. The van der Waals surface area contributed by atoms with Crippen LogP contribution in [0.4, 0.5) is 5.69 Å². The van der Waals surface area contributed by atoms with Crippen LogP contribution in [0, 0.1) is 18.8 Å². The van der Waals surface area contributed by atoms with Gasteiger partial charge < -0.3 is 0 Å². The Balaban J connectivity index is 2.03. The van der Waals surface area contributed by atoms with Crippen LogP contribution < -0.4 is 4.90 Å². The molecule has 1 saturated carbocycles. The number of nitrogens with zero attached hydrogens (tertiary/aromatic N) is 1. The number of carbonyl (C=O) groups excluding carboxylic acids is 2. The van der Waals surface area contributed by atoms with E-state index in [2.05, 4.69) is 15.9 Å². The van der Waals surface area contributed by atoms with Crippen molar-refractivity contribution in [2.24, 2.45) is 11.8 Å². The third kappa shape index (κ3) is 2.02. The third-order valence-corrected chi connectivity index (χ3v) is 4.75. The van der Waals surface area contributed by atoms with Crippen molar-refractivity contribution in [2.75, 3.05) is 4.90 Å². The van der Waals surface area contributed by atoms with Crippen LogP contribution in [0.2, 0.25) is 0 Å². The fraction of sp³-hybridized carbons (Fsp3) is 0.467. The van der Waals surface area contributed by atoms with E-state index < -0.39 is 0 Å². The smallest absolute Gasteiger partial charge is 0.237 e. The van der Waals surface area contributed by atoms with Crippen LogP contribution in [0.5, 0.6) is 0 Å². The molecule has 3 rings (SSSR count). The van der Waals surface area contributed by atoms with E-state index >= 15 is 0 Å². The Hall–Kier alpha value is -1.16. The molecule has 0 aromatic heterocycles. The number of benzene rings is 1. The number of fused-ring (bicyclic) bond motifs is 1. The summed E-state index contributed by atoms with van der Waals surface area (Å²) in [4.78, 5) is 26.4. The highest BCUT2D eigenvalue weighted by atomic mass is 79.9. The standard InChI is InChI=1S/C15H16BrNO2/c1-9-6-7-10(16)8-13(9)17-14(18)11-4-2-3-5-12(11)15(17)19/h6-8,11-12H,2-5H2,1H3/t11-,12-/m0/s1. The summed E-state index contributed by atoms with van der Waals surface area (Å²) in [5, 5.41) is 0. The molecule has 0 radical (unpaired) electrons. The largest absolute Gasteiger partial charge is 0.274 e. The molecule has 0 bridgehead atoms. The van der Waals surface area contributed by atoms with Crippen LogP contribution in [-0.4, -0.2) is 11.8 Å². The molecule has 4 heteroatoms. The molecular formula is C15H16BrNO2. The highest BCUT2D eigenvalue weighted by molar-refractivity contribution is 9.10. The molecule has 1 aliphatic heterocycles. The van der Waals surface area contributed by atoms with Gasteiger partial charge in [-0.05, 0) is 37.5 Å². The molecule has 1 aromatic carbocycles. The Labute approximate surface area is 121 Å². The number of amides is 2. The van der Waals surface area contributed by atoms with Gasteiger partial charge in [0.2, 0.25) is 11.8 Å². The summed E-state index contributed by atoms with van der Waals surface area (Å²) >= 11 is 3.41. The van der Waals surface area contributed by atoms with Crippen molar-refractivity contribution in [1.29, 1.82) is 0 Å². The first-order chi connectivity index (χ1) is 9.09. The van der Waals surface area contributed by atoms with Crippen LogP contribution in [0.3, 0.4) is 0 Å². The second-order valence-electron chi connectivity index (χ2n) is 5.44. The molecule has 1 saturated heterocycles. The Bertz CT molecular complexity index is 531. The Morgan fingerprint density at radius 2 is 1.68 bits per heavy atom. The zero-order valence-corrected chi connectivity index (χ0v) is 12.4. The van der Waals surface area contributed by atoms with Crippen molar-refractivity contribution in [3.8, 4) is 0 Å². The number of halogens is 1. The summed E-state index contributed by atoms with van der Waals surface area (Å²) in [6.07, 6.45) is 3.84. The van der Waals surface area contributed by atoms with E-state index in [1.54, 1.807) is 0 Å². The minimum atomic E-state index is -0.0837. The third-order valence-electron chi connectivity index (χ3n) is 4.25. The molecular weight excluding hydrogens is 306 g/mol. The maximum Gasteiger partial charge on any atom is 0.237 e. The van der Waals surface area contributed by atoms with Gasteiger partial charge in [0.25, 0.3) is 0 Å². The number of anilines is 1. The number of hydrogen-bond donors (Lipinski definition) is 0. The predicted octanol–water partition coefficient (Wildman–Crippen LogP) is 3.44. The van der Waals surface area contributed by atoms with E-state index in [0.29, 0.717) is 0 Å². The van der Waals surface area contributed by atoms with Crippen molar-refractivity contribution in [3.63, 3.8) is 0 Å². The Morgan fingerprint density at radius 3 is 2.26 bits per heavy atom. The molecule has 19 heavy (non-hydrogen) atoms. The van der Waals surface area contributed by atoms with Crippen molar-refractivity contribution < 1.29 is 9.59 Å². The molecule has 2 amide bonds. The van der Waals surface area contributed by atoms with Gasteiger partial charge in [-0.2, -0.15) is 0 Å². The van der Waals surface area contributed by atoms with Crippen LogP contribution in [-0.2, 0) is 9.59 Å². The molecule has 0 unspecified atom stereocenters. The van der Waals surface area contributed by atoms with Crippen molar-refractivity contribution in [3.05, 3.63) is 28.2 Å². The molecule has 2 fully saturated rings. The highest BCUT2D eigenvalue weighted by Crippen LogP contribution is 2.41. The summed E-state index contributed by atoms with van der Waals surface area (Å²) < 4.78 is 0.892. The average Bonchev–Trinajstić information content (AvgIpc) is 2.66. The number of imide groups is 1. The van der Waals surface area contributed by atoms with Gasteiger partial charge >= 0.3 is 0 Å². The molecule has 0 N–H and O–H groups in total. The molecule has 0 spiro atoms. The Kier molecular flexibility index (Phi) is 3.21. The van der Waals surface area contributed by atoms with Crippen LogP contribution in [0.25, 0.3) is 0 Å². The molecule has 100 valence electrons. The molecule has 1 heterocycles. The second kappa shape index (κ2) is 4.75.